The molecule has 0 fully saturated rings. The van der Waals surface area contributed by atoms with Gasteiger partial charge in [-0.1, -0.05) is 48.5 Å². The van der Waals surface area contributed by atoms with Crippen molar-refractivity contribution < 1.29 is 14.3 Å². The number of rotatable bonds is 9. The largest absolute Gasteiger partial charge is 0.497 e. The van der Waals surface area contributed by atoms with Crippen molar-refractivity contribution in [1.29, 1.82) is 0 Å². The minimum atomic E-state index is -0.190. The Kier molecular flexibility index (Phi) is 7.79. The fourth-order valence-corrected chi connectivity index (χ4v) is 3.22. The Hall–Kier alpha value is -3.64. The van der Waals surface area contributed by atoms with Crippen LogP contribution in [0.5, 0.6) is 5.75 Å². The molecular weight excluding hydrogens is 390 g/mol. The van der Waals surface area contributed by atoms with Crippen LogP contribution in [0.2, 0.25) is 0 Å². The van der Waals surface area contributed by atoms with Crippen molar-refractivity contribution in [2.75, 3.05) is 37.9 Å². The average Bonchev–Trinajstić information content (AvgIpc) is 2.76. The second-order valence-electron chi connectivity index (χ2n) is 7.32. The summed E-state index contributed by atoms with van der Waals surface area (Å²) in [7, 11) is 3.33. The molecule has 2 N–H and O–H groups in total. The molecule has 160 valence electrons. The number of likely N-dealkylation sites (N-methyl/N-ethyl adjacent to an activating group) is 1. The van der Waals surface area contributed by atoms with Gasteiger partial charge in [-0.2, -0.15) is 0 Å². The van der Waals surface area contributed by atoms with Crippen molar-refractivity contribution in [3.05, 3.63) is 90.0 Å². The second-order valence-corrected chi connectivity index (χ2v) is 7.32. The van der Waals surface area contributed by atoms with E-state index >= 15 is 0 Å². The number of carbonyl (C=O) groups excluding carboxylic acids is 2. The van der Waals surface area contributed by atoms with Crippen LogP contribution < -0.4 is 15.4 Å². The van der Waals surface area contributed by atoms with E-state index < -0.39 is 0 Å². The second kappa shape index (κ2) is 10.9. The third kappa shape index (κ3) is 6.97. The van der Waals surface area contributed by atoms with Gasteiger partial charge in [0.15, 0.2) is 0 Å². The number of ether oxygens (including phenoxy) is 1. The maximum absolute atomic E-state index is 12.5. The molecule has 0 radical (unpaired) electrons. The predicted molar refractivity (Wildman–Crippen MR) is 123 cm³/mol. The van der Waals surface area contributed by atoms with Crippen molar-refractivity contribution in [1.82, 2.24) is 4.90 Å². The molecule has 0 aliphatic carbocycles. The van der Waals surface area contributed by atoms with Gasteiger partial charge in [-0.25, -0.2) is 0 Å². The van der Waals surface area contributed by atoms with Gasteiger partial charge in [0.25, 0.3) is 0 Å². The van der Waals surface area contributed by atoms with E-state index in [0.717, 1.165) is 23.4 Å². The minimum Gasteiger partial charge on any atom is -0.497 e. The van der Waals surface area contributed by atoms with Crippen LogP contribution in [0, 0.1) is 0 Å². The summed E-state index contributed by atoms with van der Waals surface area (Å²) >= 11 is 0. The molecule has 6 nitrogen and oxygen atoms in total. The molecule has 3 aromatic carbocycles. The topological polar surface area (TPSA) is 70.7 Å². The number of carbonyl (C=O) groups is 2. The van der Waals surface area contributed by atoms with Crippen molar-refractivity contribution in [3.63, 3.8) is 0 Å². The highest BCUT2D eigenvalue weighted by Gasteiger charge is 2.13. The van der Waals surface area contributed by atoms with Gasteiger partial charge in [0, 0.05) is 11.4 Å². The molecule has 0 heterocycles. The molecule has 0 spiro atoms. The number of hydrogen-bond acceptors (Lipinski definition) is 4. The number of nitrogens with one attached hydrogen (secondary N) is 2. The molecule has 3 aromatic rings. The van der Waals surface area contributed by atoms with E-state index in [1.54, 1.807) is 43.3 Å². The quantitative estimate of drug-likeness (QED) is 0.556. The molecule has 0 atom stereocenters. The van der Waals surface area contributed by atoms with Crippen LogP contribution >= 0.6 is 0 Å². The van der Waals surface area contributed by atoms with Gasteiger partial charge in [0.2, 0.25) is 11.8 Å². The van der Waals surface area contributed by atoms with E-state index in [4.69, 9.17) is 4.74 Å². The van der Waals surface area contributed by atoms with E-state index in [9.17, 15) is 9.59 Å². The Morgan fingerprint density at radius 2 is 1.42 bits per heavy atom. The summed E-state index contributed by atoms with van der Waals surface area (Å²) in [6.45, 7) is 0.209. The molecule has 0 saturated heterocycles. The summed E-state index contributed by atoms with van der Waals surface area (Å²) in [6, 6.07) is 25.0. The van der Waals surface area contributed by atoms with Gasteiger partial charge < -0.3 is 15.4 Å². The number of para-hydroxylation sites is 1. The van der Waals surface area contributed by atoms with E-state index in [1.807, 2.05) is 42.5 Å². The Balaban J connectivity index is 1.51. The monoisotopic (exact) mass is 417 g/mol. The van der Waals surface area contributed by atoms with Crippen LogP contribution in [-0.2, 0) is 16.0 Å². The molecule has 0 saturated carbocycles. The minimum absolute atomic E-state index is 0.102. The van der Waals surface area contributed by atoms with Gasteiger partial charge in [-0.3, -0.25) is 14.5 Å². The first-order valence-corrected chi connectivity index (χ1v) is 10.1. The number of methoxy groups -OCH3 is 1. The van der Waals surface area contributed by atoms with Gasteiger partial charge >= 0.3 is 0 Å². The van der Waals surface area contributed by atoms with Crippen LogP contribution in [0.25, 0.3) is 0 Å². The third-order valence-electron chi connectivity index (χ3n) is 4.73. The Labute approximate surface area is 182 Å². The van der Waals surface area contributed by atoms with Crippen LogP contribution in [0.3, 0.4) is 0 Å². The van der Waals surface area contributed by atoms with Crippen LogP contribution in [-0.4, -0.2) is 44.0 Å². The zero-order chi connectivity index (χ0) is 22.1. The van der Waals surface area contributed by atoms with Gasteiger partial charge in [-0.15, -0.1) is 0 Å². The first kappa shape index (κ1) is 22.1. The zero-order valence-electron chi connectivity index (χ0n) is 17.8. The van der Waals surface area contributed by atoms with Gasteiger partial charge in [0.1, 0.15) is 5.75 Å². The smallest absolute Gasteiger partial charge is 0.238 e. The van der Waals surface area contributed by atoms with E-state index in [1.165, 1.54) is 5.56 Å². The summed E-state index contributed by atoms with van der Waals surface area (Å²) in [6.07, 6.45) is 0.734. The molecule has 0 aromatic heterocycles. The van der Waals surface area contributed by atoms with Gasteiger partial charge in [0.05, 0.1) is 20.2 Å². The molecule has 2 amide bonds. The van der Waals surface area contributed by atoms with Crippen LogP contribution in [0.1, 0.15) is 11.1 Å². The number of hydrogen-bond donors (Lipinski definition) is 2. The molecule has 31 heavy (non-hydrogen) atoms. The normalized spacial score (nSPS) is 10.5. The van der Waals surface area contributed by atoms with E-state index in [2.05, 4.69) is 22.8 Å². The van der Waals surface area contributed by atoms with E-state index in [0.29, 0.717) is 5.69 Å². The van der Waals surface area contributed by atoms with Crippen LogP contribution in [0.15, 0.2) is 78.9 Å². The highest BCUT2D eigenvalue weighted by Crippen LogP contribution is 2.19. The summed E-state index contributed by atoms with van der Waals surface area (Å²) in [5.74, 6) is 0.365. The predicted octanol–water partition coefficient (Wildman–Crippen LogP) is 3.80. The van der Waals surface area contributed by atoms with Gasteiger partial charge in [-0.05, 0) is 54.9 Å². The van der Waals surface area contributed by atoms with E-state index in [-0.39, 0.29) is 24.9 Å². The molecule has 0 unspecified atom stereocenters. The Morgan fingerprint density at radius 3 is 2.10 bits per heavy atom. The number of benzene rings is 3. The molecule has 3 rings (SSSR count). The van der Waals surface area contributed by atoms with Crippen molar-refractivity contribution in [2.24, 2.45) is 0 Å². The lowest BCUT2D eigenvalue weighted by molar-refractivity contribution is -0.119. The number of nitrogens with zero attached hydrogens (tertiary/aromatic N) is 1. The fourth-order valence-electron chi connectivity index (χ4n) is 3.22. The standard InChI is InChI=1S/C25H27N3O3/c1-28(17-24(29)26-21-12-14-22(31-2)15-13-21)18-25(30)27-23-11-7-6-10-20(23)16-19-8-4-3-5-9-19/h3-15H,16-18H2,1-2H3,(H,26,29)(H,27,30). The first-order chi connectivity index (χ1) is 15.0. The first-order valence-electron chi connectivity index (χ1n) is 10.1. The molecular formula is C25H27N3O3. The van der Waals surface area contributed by atoms with Crippen LogP contribution in [0.4, 0.5) is 11.4 Å². The molecule has 0 bridgehead atoms. The maximum Gasteiger partial charge on any atom is 0.238 e. The van der Waals surface area contributed by atoms with Crippen molar-refractivity contribution in [3.8, 4) is 5.75 Å². The number of anilines is 2. The lowest BCUT2D eigenvalue weighted by Crippen LogP contribution is -2.36. The lowest BCUT2D eigenvalue weighted by Gasteiger charge is -2.17. The molecule has 0 aliphatic rings. The molecule has 0 aliphatic heterocycles. The Morgan fingerprint density at radius 1 is 0.806 bits per heavy atom. The fraction of sp³-hybridized carbons (Fsp3) is 0.200. The summed E-state index contributed by atoms with van der Waals surface area (Å²) in [5.41, 5.74) is 3.68. The van der Waals surface area contributed by atoms with Crippen molar-refractivity contribution in [2.45, 2.75) is 6.42 Å². The Bertz CT molecular complexity index is 1000. The average molecular weight is 418 g/mol. The lowest BCUT2D eigenvalue weighted by atomic mass is 10.0. The third-order valence-corrected chi connectivity index (χ3v) is 4.73. The molecule has 6 heteroatoms. The number of amides is 2. The zero-order valence-corrected chi connectivity index (χ0v) is 17.8. The summed E-state index contributed by atoms with van der Waals surface area (Å²) in [4.78, 5) is 26.5. The highest BCUT2D eigenvalue weighted by molar-refractivity contribution is 5.95. The maximum atomic E-state index is 12.5. The summed E-state index contributed by atoms with van der Waals surface area (Å²) < 4.78 is 5.11. The van der Waals surface area contributed by atoms with Crippen molar-refractivity contribution >= 4 is 23.2 Å². The summed E-state index contributed by atoms with van der Waals surface area (Å²) in [5, 5.41) is 5.79. The highest BCUT2D eigenvalue weighted by atomic mass is 16.5. The SMILES string of the molecule is COc1ccc(NC(=O)CN(C)CC(=O)Nc2ccccc2Cc2ccccc2)cc1.